The van der Waals surface area contributed by atoms with E-state index in [-0.39, 0.29) is 0 Å². The highest BCUT2D eigenvalue weighted by Crippen LogP contribution is 2.36. The van der Waals surface area contributed by atoms with Gasteiger partial charge in [-0.25, -0.2) is 0 Å². The van der Waals surface area contributed by atoms with Crippen LogP contribution in [0, 0.1) is 0 Å². The molecule has 0 amide bonds. The zero-order chi connectivity index (χ0) is 9.54. The first-order chi connectivity index (χ1) is 6.84. The number of nitrogens with zero attached hydrogens (tertiary/aromatic N) is 1. The quantitative estimate of drug-likeness (QED) is 0.637. The second-order valence-electron chi connectivity index (χ2n) is 4.31. The van der Waals surface area contributed by atoms with Crippen LogP contribution < -0.4 is 4.90 Å². The minimum absolute atomic E-state index is 1.14. The Morgan fingerprint density at radius 3 is 2.14 bits per heavy atom. The van der Waals surface area contributed by atoms with Crippen LogP contribution in [0.3, 0.4) is 0 Å². The lowest BCUT2D eigenvalue weighted by molar-refractivity contribution is 0.632. The molecule has 1 aromatic rings. The van der Waals surface area contributed by atoms with Crippen LogP contribution >= 0.6 is 12.6 Å². The molecule has 0 spiro atoms. The van der Waals surface area contributed by atoms with Crippen molar-refractivity contribution in [1.82, 2.24) is 0 Å². The molecule has 2 heterocycles. The molecular formula is C12H15NS. The van der Waals surface area contributed by atoms with Crippen molar-refractivity contribution in [3.63, 3.8) is 0 Å². The lowest BCUT2D eigenvalue weighted by atomic mass is 9.92. The fourth-order valence-corrected chi connectivity index (χ4v) is 3.10. The zero-order valence-corrected chi connectivity index (χ0v) is 9.19. The molecule has 0 saturated heterocycles. The molecule has 1 nitrogen and oxygen atoms in total. The molecule has 0 bridgehead atoms. The fourth-order valence-electron chi connectivity index (χ4n) is 2.79. The smallest absolute Gasteiger partial charge is 0.0432 e. The number of aryl methyl sites for hydroxylation is 2. The number of benzene rings is 1. The summed E-state index contributed by atoms with van der Waals surface area (Å²) in [7, 11) is 0. The van der Waals surface area contributed by atoms with Gasteiger partial charge in [0.25, 0.3) is 0 Å². The minimum atomic E-state index is 1.14. The standard InChI is InChI=1S/C12H15NS/c14-11-7-9-3-1-5-13-6-2-4-10(8-11)12(9)13/h7-8,14H,1-6H2. The predicted molar refractivity (Wildman–Crippen MR) is 62.5 cm³/mol. The van der Waals surface area contributed by atoms with Crippen LogP contribution in [0.15, 0.2) is 17.0 Å². The summed E-state index contributed by atoms with van der Waals surface area (Å²) in [6.07, 6.45) is 5.10. The summed E-state index contributed by atoms with van der Waals surface area (Å²) >= 11 is 4.48. The SMILES string of the molecule is Sc1cc2c3c(c1)CCCN3CCC2. The van der Waals surface area contributed by atoms with Crippen molar-refractivity contribution in [2.75, 3.05) is 18.0 Å². The van der Waals surface area contributed by atoms with Crippen molar-refractivity contribution in [2.24, 2.45) is 0 Å². The Morgan fingerprint density at radius 2 is 1.57 bits per heavy atom. The third-order valence-corrected chi connectivity index (χ3v) is 3.58. The van der Waals surface area contributed by atoms with Gasteiger partial charge in [-0.05, 0) is 48.9 Å². The van der Waals surface area contributed by atoms with E-state index < -0.39 is 0 Å². The highest BCUT2D eigenvalue weighted by atomic mass is 32.1. The van der Waals surface area contributed by atoms with Crippen molar-refractivity contribution in [1.29, 1.82) is 0 Å². The highest BCUT2D eigenvalue weighted by Gasteiger charge is 2.23. The lowest BCUT2D eigenvalue weighted by Gasteiger charge is -2.37. The molecule has 3 rings (SSSR count). The third kappa shape index (κ3) is 1.24. The molecule has 74 valence electrons. The van der Waals surface area contributed by atoms with Crippen LogP contribution in [0.2, 0.25) is 0 Å². The van der Waals surface area contributed by atoms with E-state index in [9.17, 15) is 0 Å². The molecule has 0 N–H and O–H groups in total. The normalized spacial score (nSPS) is 19.4. The van der Waals surface area contributed by atoms with E-state index >= 15 is 0 Å². The van der Waals surface area contributed by atoms with Gasteiger partial charge in [0.1, 0.15) is 0 Å². The molecule has 0 radical (unpaired) electrons. The van der Waals surface area contributed by atoms with Gasteiger partial charge in [-0.3, -0.25) is 0 Å². The van der Waals surface area contributed by atoms with E-state index in [4.69, 9.17) is 0 Å². The van der Waals surface area contributed by atoms with Gasteiger partial charge >= 0.3 is 0 Å². The van der Waals surface area contributed by atoms with Crippen molar-refractivity contribution < 1.29 is 0 Å². The predicted octanol–water partition coefficient (Wildman–Crippen LogP) is 2.67. The van der Waals surface area contributed by atoms with Crippen LogP contribution in [-0.2, 0) is 12.8 Å². The molecule has 2 aliphatic heterocycles. The largest absolute Gasteiger partial charge is 0.371 e. The van der Waals surface area contributed by atoms with Gasteiger partial charge < -0.3 is 4.90 Å². The Hall–Kier alpha value is -0.630. The van der Waals surface area contributed by atoms with Gasteiger partial charge in [0.2, 0.25) is 0 Å². The van der Waals surface area contributed by atoms with Gasteiger partial charge in [-0.2, -0.15) is 0 Å². The van der Waals surface area contributed by atoms with E-state index in [1.54, 1.807) is 5.69 Å². The maximum absolute atomic E-state index is 4.48. The number of anilines is 1. The Labute approximate surface area is 90.5 Å². The van der Waals surface area contributed by atoms with Crippen LogP contribution in [0.4, 0.5) is 5.69 Å². The summed E-state index contributed by atoms with van der Waals surface area (Å²) in [5.41, 5.74) is 4.59. The molecule has 0 saturated carbocycles. The molecule has 0 fully saturated rings. The number of rotatable bonds is 0. The topological polar surface area (TPSA) is 3.24 Å². The molecule has 0 atom stereocenters. The van der Waals surface area contributed by atoms with Gasteiger partial charge in [0, 0.05) is 23.7 Å². The van der Waals surface area contributed by atoms with Gasteiger partial charge in [-0.15, -0.1) is 12.6 Å². The molecule has 14 heavy (non-hydrogen) atoms. The summed E-state index contributed by atoms with van der Waals surface area (Å²) in [4.78, 5) is 3.70. The fraction of sp³-hybridized carbons (Fsp3) is 0.500. The zero-order valence-electron chi connectivity index (χ0n) is 8.29. The summed E-state index contributed by atoms with van der Waals surface area (Å²) < 4.78 is 0. The van der Waals surface area contributed by atoms with Crippen molar-refractivity contribution in [3.8, 4) is 0 Å². The number of thiol groups is 1. The van der Waals surface area contributed by atoms with E-state index in [0.29, 0.717) is 0 Å². The first kappa shape index (κ1) is 8.66. The summed E-state index contributed by atoms with van der Waals surface area (Å²) in [6.45, 7) is 2.51. The second kappa shape index (κ2) is 3.20. The Balaban J connectivity index is 2.20. The van der Waals surface area contributed by atoms with Crippen LogP contribution in [0.1, 0.15) is 24.0 Å². The Morgan fingerprint density at radius 1 is 1.00 bits per heavy atom. The van der Waals surface area contributed by atoms with Crippen LogP contribution in [-0.4, -0.2) is 13.1 Å². The summed E-state index contributed by atoms with van der Waals surface area (Å²) in [6, 6.07) is 4.50. The molecule has 1 aromatic carbocycles. The van der Waals surface area contributed by atoms with Crippen LogP contribution in [0.5, 0.6) is 0 Å². The second-order valence-corrected chi connectivity index (χ2v) is 4.82. The molecule has 0 aliphatic carbocycles. The summed E-state index contributed by atoms with van der Waals surface area (Å²) in [5, 5.41) is 0. The third-order valence-electron chi connectivity index (χ3n) is 3.32. The molecule has 2 heteroatoms. The first-order valence-electron chi connectivity index (χ1n) is 5.44. The molecular weight excluding hydrogens is 190 g/mol. The summed E-state index contributed by atoms with van der Waals surface area (Å²) in [5.74, 6) is 0. The van der Waals surface area contributed by atoms with E-state index in [1.807, 2.05) is 0 Å². The van der Waals surface area contributed by atoms with Gasteiger partial charge in [0.15, 0.2) is 0 Å². The van der Waals surface area contributed by atoms with E-state index in [0.717, 1.165) is 4.90 Å². The first-order valence-corrected chi connectivity index (χ1v) is 5.89. The number of hydrogen-bond donors (Lipinski definition) is 1. The van der Waals surface area contributed by atoms with Crippen molar-refractivity contribution in [3.05, 3.63) is 23.3 Å². The molecule has 0 aromatic heterocycles. The number of hydrogen-bond acceptors (Lipinski definition) is 2. The Bertz CT molecular complexity index is 342. The van der Waals surface area contributed by atoms with Gasteiger partial charge in [-0.1, -0.05) is 0 Å². The average Bonchev–Trinajstić information content (AvgIpc) is 2.18. The Kier molecular flexibility index (Phi) is 1.98. The van der Waals surface area contributed by atoms with Gasteiger partial charge in [0.05, 0.1) is 0 Å². The van der Waals surface area contributed by atoms with Crippen molar-refractivity contribution >= 4 is 18.3 Å². The van der Waals surface area contributed by atoms with Crippen molar-refractivity contribution in [2.45, 2.75) is 30.6 Å². The van der Waals surface area contributed by atoms with E-state index in [1.165, 1.54) is 49.9 Å². The molecule has 2 aliphatic rings. The lowest BCUT2D eigenvalue weighted by Crippen LogP contribution is -2.34. The maximum Gasteiger partial charge on any atom is 0.0432 e. The minimum Gasteiger partial charge on any atom is -0.371 e. The average molecular weight is 205 g/mol. The maximum atomic E-state index is 4.48. The van der Waals surface area contributed by atoms with Crippen LogP contribution in [0.25, 0.3) is 0 Å². The monoisotopic (exact) mass is 205 g/mol. The van der Waals surface area contributed by atoms with E-state index in [2.05, 4.69) is 29.7 Å². The highest BCUT2D eigenvalue weighted by molar-refractivity contribution is 7.80. The molecule has 0 unspecified atom stereocenters.